The summed E-state index contributed by atoms with van der Waals surface area (Å²) in [5.41, 5.74) is 0. The van der Waals surface area contributed by atoms with E-state index in [1.165, 1.54) is 6.26 Å². The number of hydrogen-bond donors (Lipinski definition) is 1. The van der Waals surface area contributed by atoms with Crippen LogP contribution in [-0.2, 0) is 9.84 Å². The normalized spacial score (nSPS) is 17.1. The fourth-order valence-electron chi connectivity index (χ4n) is 1.69. The van der Waals surface area contributed by atoms with Crippen molar-refractivity contribution in [1.29, 1.82) is 0 Å². The molecule has 0 aromatic rings. The molecule has 0 aromatic carbocycles. The Hall–Kier alpha value is -0.0900. The summed E-state index contributed by atoms with van der Waals surface area (Å²) in [7, 11) is -3.04. The summed E-state index contributed by atoms with van der Waals surface area (Å²) in [5.74, 6) is 0.546. The highest BCUT2D eigenvalue weighted by atomic mass is 32.2. The molecule has 0 fully saturated rings. The van der Waals surface area contributed by atoms with Crippen LogP contribution in [0.4, 0.5) is 0 Å². The fourth-order valence-corrected chi connectivity index (χ4v) is 2.38. The molecule has 1 N–H and O–H groups in total. The Labute approximate surface area is 101 Å². The highest BCUT2D eigenvalue weighted by molar-refractivity contribution is 7.92. The number of rotatable bonds is 7. The van der Waals surface area contributed by atoms with Gasteiger partial charge in [0.05, 0.1) is 4.75 Å². The summed E-state index contributed by atoms with van der Waals surface area (Å²) < 4.78 is 22.9. The highest BCUT2D eigenvalue weighted by Gasteiger charge is 2.38. The van der Waals surface area contributed by atoms with Gasteiger partial charge in [-0.1, -0.05) is 27.2 Å². The molecular formula is C12H27NO2S. The van der Waals surface area contributed by atoms with E-state index in [0.29, 0.717) is 5.92 Å². The van der Waals surface area contributed by atoms with Crippen molar-refractivity contribution >= 4 is 9.84 Å². The van der Waals surface area contributed by atoms with E-state index in [9.17, 15) is 8.42 Å². The molecule has 3 nitrogen and oxygen atoms in total. The van der Waals surface area contributed by atoms with Crippen molar-refractivity contribution in [2.45, 2.75) is 58.2 Å². The Morgan fingerprint density at radius 1 is 1.25 bits per heavy atom. The molecule has 0 amide bonds. The van der Waals surface area contributed by atoms with Crippen LogP contribution in [-0.4, -0.2) is 32.0 Å². The van der Waals surface area contributed by atoms with Crippen LogP contribution in [0.2, 0.25) is 0 Å². The van der Waals surface area contributed by atoms with Crippen molar-refractivity contribution in [2.75, 3.05) is 12.8 Å². The van der Waals surface area contributed by atoms with Crippen molar-refractivity contribution in [3.63, 3.8) is 0 Å². The largest absolute Gasteiger partial charge is 0.313 e. The van der Waals surface area contributed by atoms with Crippen molar-refractivity contribution < 1.29 is 8.42 Å². The van der Waals surface area contributed by atoms with E-state index < -0.39 is 14.6 Å². The van der Waals surface area contributed by atoms with Crippen LogP contribution < -0.4 is 5.32 Å². The van der Waals surface area contributed by atoms with E-state index in [-0.39, 0.29) is 6.04 Å². The number of sulfone groups is 1. The van der Waals surface area contributed by atoms with Gasteiger partial charge in [0.2, 0.25) is 0 Å². The summed E-state index contributed by atoms with van der Waals surface area (Å²) in [4.78, 5) is 0. The molecule has 2 unspecified atom stereocenters. The van der Waals surface area contributed by atoms with Crippen LogP contribution in [0.25, 0.3) is 0 Å². The molecule has 0 rings (SSSR count). The summed E-state index contributed by atoms with van der Waals surface area (Å²) in [6.45, 7) is 10.8. The minimum Gasteiger partial charge on any atom is -0.313 e. The van der Waals surface area contributed by atoms with Gasteiger partial charge in [0.25, 0.3) is 0 Å². The molecular weight excluding hydrogens is 222 g/mol. The van der Waals surface area contributed by atoms with Gasteiger partial charge in [0, 0.05) is 12.3 Å². The average Bonchev–Trinajstić information content (AvgIpc) is 2.15. The van der Waals surface area contributed by atoms with E-state index in [0.717, 1.165) is 19.4 Å². The third-order valence-corrected chi connectivity index (χ3v) is 5.78. The van der Waals surface area contributed by atoms with Gasteiger partial charge in [-0.3, -0.25) is 0 Å². The Morgan fingerprint density at radius 3 is 2.06 bits per heavy atom. The summed E-state index contributed by atoms with van der Waals surface area (Å²) in [5, 5.41) is 3.32. The van der Waals surface area contributed by atoms with Crippen LogP contribution in [0.3, 0.4) is 0 Å². The van der Waals surface area contributed by atoms with Gasteiger partial charge in [-0.05, 0) is 32.7 Å². The zero-order valence-corrected chi connectivity index (χ0v) is 12.3. The summed E-state index contributed by atoms with van der Waals surface area (Å²) in [6.07, 6.45) is 3.32. The first-order valence-corrected chi connectivity index (χ1v) is 7.98. The maximum Gasteiger partial charge on any atom is 0.154 e. The lowest BCUT2D eigenvalue weighted by molar-refractivity contribution is 0.340. The van der Waals surface area contributed by atoms with E-state index in [1.54, 1.807) is 0 Å². The Balaban J connectivity index is 4.90. The molecule has 98 valence electrons. The second-order valence-electron chi connectivity index (χ2n) is 5.24. The van der Waals surface area contributed by atoms with Crippen LogP contribution in [0.1, 0.15) is 47.5 Å². The Morgan fingerprint density at radius 2 is 1.75 bits per heavy atom. The molecule has 0 aliphatic carbocycles. The van der Waals surface area contributed by atoms with Crippen molar-refractivity contribution in [3.8, 4) is 0 Å². The quantitative estimate of drug-likeness (QED) is 0.752. The second-order valence-corrected chi connectivity index (χ2v) is 7.83. The lowest BCUT2D eigenvalue weighted by Gasteiger charge is -2.34. The van der Waals surface area contributed by atoms with Crippen LogP contribution in [0.5, 0.6) is 0 Å². The first kappa shape index (κ1) is 15.9. The monoisotopic (exact) mass is 249 g/mol. The van der Waals surface area contributed by atoms with Crippen LogP contribution >= 0.6 is 0 Å². The van der Waals surface area contributed by atoms with Gasteiger partial charge in [-0.2, -0.15) is 0 Å². The lowest BCUT2D eigenvalue weighted by Crippen LogP contribution is -2.52. The van der Waals surface area contributed by atoms with Crippen molar-refractivity contribution in [3.05, 3.63) is 0 Å². The van der Waals surface area contributed by atoms with E-state index in [1.807, 2.05) is 20.8 Å². The minimum atomic E-state index is -3.04. The third kappa shape index (κ3) is 4.06. The minimum absolute atomic E-state index is 0.0300. The fraction of sp³-hybridized carbons (Fsp3) is 1.00. The van der Waals surface area contributed by atoms with Crippen LogP contribution in [0, 0.1) is 5.92 Å². The predicted octanol–water partition coefficient (Wildman–Crippen LogP) is 2.22. The van der Waals surface area contributed by atoms with Gasteiger partial charge >= 0.3 is 0 Å². The highest BCUT2D eigenvalue weighted by Crippen LogP contribution is 2.25. The second kappa shape index (κ2) is 6.01. The van der Waals surface area contributed by atoms with E-state index in [2.05, 4.69) is 19.2 Å². The maximum absolute atomic E-state index is 11.8. The third-order valence-electron chi connectivity index (χ3n) is 3.58. The SMILES string of the molecule is CCNC(CC(C)CC)C(C)(C)S(C)(=O)=O. The van der Waals surface area contributed by atoms with Crippen molar-refractivity contribution in [1.82, 2.24) is 5.32 Å². The summed E-state index contributed by atoms with van der Waals surface area (Å²) in [6, 6.07) is 0.0300. The lowest BCUT2D eigenvalue weighted by atomic mass is 9.91. The van der Waals surface area contributed by atoms with Crippen LogP contribution in [0.15, 0.2) is 0 Å². The van der Waals surface area contributed by atoms with E-state index in [4.69, 9.17) is 0 Å². The number of nitrogens with one attached hydrogen (secondary N) is 1. The molecule has 0 saturated carbocycles. The first-order chi connectivity index (χ1) is 7.16. The molecule has 0 bridgehead atoms. The molecule has 2 atom stereocenters. The van der Waals surface area contributed by atoms with Gasteiger partial charge in [0.15, 0.2) is 9.84 Å². The molecule has 0 saturated heterocycles. The van der Waals surface area contributed by atoms with E-state index >= 15 is 0 Å². The molecule has 0 heterocycles. The first-order valence-electron chi connectivity index (χ1n) is 6.09. The zero-order chi connectivity index (χ0) is 13.0. The maximum atomic E-state index is 11.8. The molecule has 0 aromatic heterocycles. The molecule has 0 aliphatic rings. The molecule has 0 spiro atoms. The molecule has 16 heavy (non-hydrogen) atoms. The standard InChI is InChI=1S/C12H27NO2S/c1-7-10(3)9-11(13-8-2)12(4,5)16(6,14)15/h10-11,13H,7-9H2,1-6H3. The van der Waals surface area contributed by atoms with Gasteiger partial charge < -0.3 is 5.32 Å². The number of hydrogen-bond acceptors (Lipinski definition) is 3. The van der Waals surface area contributed by atoms with Gasteiger partial charge in [-0.15, -0.1) is 0 Å². The van der Waals surface area contributed by atoms with Gasteiger partial charge in [0.1, 0.15) is 0 Å². The summed E-state index contributed by atoms with van der Waals surface area (Å²) >= 11 is 0. The van der Waals surface area contributed by atoms with Crippen molar-refractivity contribution in [2.24, 2.45) is 5.92 Å². The Kier molecular flexibility index (Phi) is 5.98. The molecule has 0 aliphatic heterocycles. The molecule has 0 radical (unpaired) electrons. The molecule has 4 heteroatoms. The van der Waals surface area contributed by atoms with Gasteiger partial charge in [-0.25, -0.2) is 8.42 Å². The average molecular weight is 249 g/mol. The topological polar surface area (TPSA) is 46.2 Å². The zero-order valence-electron chi connectivity index (χ0n) is 11.5. The smallest absolute Gasteiger partial charge is 0.154 e. The Bertz CT molecular complexity index is 296. The predicted molar refractivity (Wildman–Crippen MR) is 70.5 cm³/mol.